The molecule has 2 N–H and O–H groups in total. The quantitative estimate of drug-likeness (QED) is 0.831. The predicted octanol–water partition coefficient (Wildman–Crippen LogP) is 2.49. The fraction of sp³-hybridized carbons (Fsp3) is 1.00. The summed E-state index contributed by atoms with van der Waals surface area (Å²) in [5, 5.41) is 13.8. The van der Waals surface area contributed by atoms with Crippen molar-refractivity contribution < 1.29 is 5.11 Å². The van der Waals surface area contributed by atoms with Gasteiger partial charge in [-0.3, -0.25) is 0 Å². The van der Waals surface area contributed by atoms with Crippen LogP contribution in [0.4, 0.5) is 0 Å². The number of aliphatic hydroxyl groups is 1. The fourth-order valence-electron chi connectivity index (χ4n) is 4.25. The summed E-state index contributed by atoms with van der Waals surface area (Å²) in [6.07, 6.45) is 5.04. The molecule has 4 unspecified atom stereocenters. The summed E-state index contributed by atoms with van der Waals surface area (Å²) in [7, 11) is 0. The third kappa shape index (κ3) is 3.75. The van der Waals surface area contributed by atoms with E-state index in [-0.39, 0.29) is 6.10 Å². The molecule has 3 heteroatoms. The Balaban J connectivity index is 1.96. The van der Waals surface area contributed by atoms with Gasteiger partial charge in [-0.25, -0.2) is 0 Å². The van der Waals surface area contributed by atoms with Crippen LogP contribution in [0.5, 0.6) is 0 Å². The maximum absolute atomic E-state index is 10.1. The van der Waals surface area contributed by atoms with Gasteiger partial charge in [-0.1, -0.05) is 34.1 Å². The standard InChI is InChI=1S/C17H34N2O/c1-5-18-16-14(7-6-9-17(16,3)4)11-19-10-8-13(2)15(20)12-19/h13-16,18,20H,5-12H2,1-4H3. The number of β-amino-alcohol motifs (C(OH)–C–C–N with tert-alkyl or cyclic N) is 1. The molecule has 0 spiro atoms. The summed E-state index contributed by atoms with van der Waals surface area (Å²) in [4.78, 5) is 2.50. The molecule has 0 radical (unpaired) electrons. The van der Waals surface area contributed by atoms with Gasteiger partial charge in [-0.2, -0.15) is 0 Å². The lowest BCUT2D eigenvalue weighted by atomic mass is 9.67. The van der Waals surface area contributed by atoms with Crippen molar-refractivity contribution in [1.29, 1.82) is 0 Å². The number of nitrogens with zero attached hydrogens (tertiary/aromatic N) is 1. The van der Waals surface area contributed by atoms with E-state index in [1.165, 1.54) is 19.3 Å². The molecule has 0 aromatic carbocycles. The van der Waals surface area contributed by atoms with E-state index in [9.17, 15) is 5.11 Å². The lowest BCUT2D eigenvalue weighted by Crippen LogP contribution is -2.54. The maximum Gasteiger partial charge on any atom is 0.0693 e. The molecule has 1 saturated heterocycles. The number of likely N-dealkylation sites (tertiary alicyclic amines) is 1. The van der Waals surface area contributed by atoms with Gasteiger partial charge in [0.25, 0.3) is 0 Å². The normalized spacial score (nSPS) is 38.9. The van der Waals surface area contributed by atoms with Crippen molar-refractivity contribution in [3.8, 4) is 0 Å². The van der Waals surface area contributed by atoms with Gasteiger partial charge in [0.15, 0.2) is 0 Å². The van der Waals surface area contributed by atoms with Crippen LogP contribution in [0, 0.1) is 17.3 Å². The lowest BCUT2D eigenvalue weighted by Gasteiger charge is -2.47. The summed E-state index contributed by atoms with van der Waals surface area (Å²) in [5.74, 6) is 1.21. The van der Waals surface area contributed by atoms with Crippen molar-refractivity contribution in [1.82, 2.24) is 10.2 Å². The van der Waals surface area contributed by atoms with Gasteiger partial charge in [-0.15, -0.1) is 0 Å². The zero-order chi connectivity index (χ0) is 14.8. The monoisotopic (exact) mass is 282 g/mol. The van der Waals surface area contributed by atoms with Gasteiger partial charge >= 0.3 is 0 Å². The Morgan fingerprint density at radius 1 is 1.30 bits per heavy atom. The molecule has 20 heavy (non-hydrogen) atoms. The van der Waals surface area contributed by atoms with Gasteiger partial charge in [-0.05, 0) is 49.6 Å². The van der Waals surface area contributed by atoms with Crippen LogP contribution in [0.2, 0.25) is 0 Å². The predicted molar refractivity (Wildman–Crippen MR) is 84.8 cm³/mol. The maximum atomic E-state index is 10.1. The molecule has 2 rings (SSSR count). The first kappa shape index (κ1) is 16.3. The van der Waals surface area contributed by atoms with E-state index >= 15 is 0 Å². The molecule has 0 amide bonds. The average Bonchev–Trinajstić information content (AvgIpc) is 2.38. The Labute approximate surface area is 125 Å². The van der Waals surface area contributed by atoms with Gasteiger partial charge in [0.1, 0.15) is 0 Å². The van der Waals surface area contributed by atoms with E-state index in [0.717, 1.165) is 38.5 Å². The Kier molecular flexibility index (Phi) is 5.49. The van der Waals surface area contributed by atoms with Crippen molar-refractivity contribution in [2.45, 2.75) is 65.5 Å². The molecule has 1 aliphatic heterocycles. The smallest absolute Gasteiger partial charge is 0.0693 e. The van der Waals surface area contributed by atoms with Crippen LogP contribution >= 0.6 is 0 Å². The molecule has 0 aromatic heterocycles. The minimum absolute atomic E-state index is 0.127. The zero-order valence-electron chi connectivity index (χ0n) is 13.9. The van der Waals surface area contributed by atoms with Crippen LogP contribution in [0.15, 0.2) is 0 Å². The lowest BCUT2D eigenvalue weighted by molar-refractivity contribution is 0.00704. The Bertz CT molecular complexity index is 305. The highest BCUT2D eigenvalue weighted by Crippen LogP contribution is 2.39. The van der Waals surface area contributed by atoms with Crippen LogP contribution < -0.4 is 5.32 Å². The number of rotatable bonds is 4. The molecule has 0 aromatic rings. The first-order chi connectivity index (χ1) is 9.44. The third-order valence-electron chi connectivity index (χ3n) is 5.63. The highest BCUT2D eigenvalue weighted by Gasteiger charge is 2.39. The van der Waals surface area contributed by atoms with E-state index in [1.54, 1.807) is 0 Å². The second kappa shape index (κ2) is 6.76. The molecular formula is C17H34N2O. The molecule has 2 fully saturated rings. The van der Waals surface area contributed by atoms with Crippen molar-refractivity contribution >= 4 is 0 Å². The van der Waals surface area contributed by atoms with Crippen LogP contribution in [-0.4, -0.2) is 48.3 Å². The minimum Gasteiger partial charge on any atom is -0.392 e. The fourth-order valence-corrected chi connectivity index (χ4v) is 4.25. The van der Waals surface area contributed by atoms with Gasteiger partial charge in [0.2, 0.25) is 0 Å². The van der Waals surface area contributed by atoms with E-state index in [0.29, 0.717) is 17.4 Å². The molecular weight excluding hydrogens is 248 g/mol. The number of nitrogens with one attached hydrogen (secondary N) is 1. The number of aliphatic hydroxyl groups excluding tert-OH is 1. The average molecular weight is 282 g/mol. The summed E-state index contributed by atoms with van der Waals surface area (Å²) in [5.41, 5.74) is 0.403. The molecule has 2 aliphatic rings. The van der Waals surface area contributed by atoms with Crippen molar-refractivity contribution in [2.75, 3.05) is 26.2 Å². The number of piperidine rings is 1. The molecule has 4 atom stereocenters. The van der Waals surface area contributed by atoms with E-state index in [2.05, 4.69) is 37.9 Å². The van der Waals surface area contributed by atoms with Crippen molar-refractivity contribution in [2.24, 2.45) is 17.3 Å². The SMILES string of the molecule is CCNC1C(CN2CCC(C)C(O)C2)CCCC1(C)C. The largest absolute Gasteiger partial charge is 0.392 e. The van der Waals surface area contributed by atoms with Crippen molar-refractivity contribution in [3.05, 3.63) is 0 Å². The van der Waals surface area contributed by atoms with Crippen LogP contribution in [0.1, 0.15) is 53.4 Å². The first-order valence-electron chi connectivity index (χ1n) is 8.58. The minimum atomic E-state index is -0.127. The van der Waals surface area contributed by atoms with E-state index in [1.807, 2.05) is 0 Å². The van der Waals surface area contributed by atoms with E-state index < -0.39 is 0 Å². The molecule has 118 valence electrons. The second-order valence-electron chi connectivity index (χ2n) is 7.77. The highest BCUT2D eigenvalue weighted by atomic mass is 16.3. The summed E-state index contributed by atoms with van der Waals surface area (Å²) < 4.78 is 0. The van der Waals surface area contributed by atoms with Crippen molar-refractivity contribution in [3.63, 3.8) is 0 Å². The Hall–Kier alpha value is -0.120. The molecule has 1 saturated carbocycles. The Morgan fingerprint density at radius 2 is 2.05 bits per heavy atom. The molecule has 3 nitrogen and oxygen atoms in total. The molecule has 1 heterocycles. The van der Waals surface area contributed by atoms with Gasteiger partial charge < -0.3 is 15.3 Å². The summed E-state index contributed by atoms with van der Waals surface area (Å²) >= 11 is 0. The molecule has 1 aliphatic carbocycles. The zero-order valence-corrected chi connectivity index (χ0v) is 13.9. The number of hydrogen-bond acceptors (Lipinski definition) is 3. The van der Waals surface area contributed by atoms with Crippen LogP contribution in [0.25, 0.3) is 0 Å². The second-order valence-corrected chi connectivity index (χ2v) is 7.77. The third-order valence-corrected chi connectivity index (χ3v) is 5.63. The topological polar surface area (TPSA) is 35.5 Å². The van der Waals surface area contributed by atoms with Crippen LogP contribution in [-0.2, 0) is 0 Å². The summed E-state index contributed by atoms with van der Waals surface area (Å²) in [6, 6.07) is 0.623. The van der Waals surface area contributed by atoms with Gasteiger partial charge in [0.05, 0.1) is 6.10 Å². The Morgan fingerprint density at radius 3 is 2.70 bits per heavy atom. The summed E-state index contributed by atoms with van der Waals surface area (Å²) in [6.45, 7) is 13.5. The highest BCUT2D eigenvalue weighted by molar-refractivity contribution is 4.95. The molecule has 0 bridgehead atoms. The number of hydrogen-bond donors (Lipinski definition) is 2. The first-order valence-corrected chi connectivity index (χ1v) is 8.58. The van der Waals surface area contributed by atoms with Crippen LogP contribution in [0.3, 0.4) is 0 Å². The van der Waals surface area contributed by atoms with Gasteiger partial charge in [0, 0.05) is 19.1 Å². The van der Waals surface area contributed by atoms with E-state index in [4.69, 9.17) is 0 Å².